The van der Waals surface area contributed by atoms with Gasteiger partial charge in [-0.3, -0.25) is 0 Å². The van der Waals surface area contributed by atoms with E-state index in [1.807, 2.05) is 6.07 Å². The number of benzene rings is 1. The highest BCUT2D eigenvalue weighted by molar-refractivity contribution is 7.89. The fraction of sp³-hybridized carbons (Fsp3) is 0.556. The van der Waals surface area contributed by atoms with Crippen LogP contribution in [0.4, 0.5) is 0 Å². The van der Waals surface area contributed by atoms with Crippen LogP contribution in [0.3, 0.4) is 0 Å². The largest absolute Gasteiger partial charge is 0.379 e. The molecule has 3 rings (SSSR count). The minimum atomic E-state index is -3.58. The fourth-order valence-corrected chi connectivity index (χ4v) is 4.50. The number of sulfonamides is 1. The van der Waals surface area contributed by atoms with Crippen LogP contribution < -0.4 is 0 Å². The van der Waals surface area contributed by atoms with Crippen LogP contribution in [0.1, 0.15) is 32.2 Å². The number of ether oxygens (including phenoxy) is 1. The number of morpholine rings is 1. The molecule has 7 nitrogen and oxygen atoms in total. The Morgan fingerprint density at radius 2 is 1.88 bits per heavy atom. The highest BCUT2D eigenvalue weighted by atomic mass is 32.2. The molecule has 8 heteroatoms. The summed E-state index contributed by atoms with van der Waals surface area (Å²) in [6.07, 6.45) is 0.658. The van der Waals surface area contributed by atoms with Crippen molar-refractivity contribution in [1.82, 2.24) is 14.4 Å². The Hall–Kier alpha value is -1.77. The van der Waals surface area contributed by atoms with Gasteiger partial charge in [0.2, 0.25) is 21.7 Å². The quantitative estimate of drug-likeness (QED) is 0.812. The average molecular weight is 379 g/mol. The molecule has 0 unspecified atom stereocenters. The number of nitrogens with zero attached hydrogens (tertiary/aromatic N) is 3. The first-order chi connectivity index (χ1) is 12.2. The van der Waals surface area contributed by atoms with Gasteiger partial charge in [0.05, 0.1) is 18.1 Å². The Kier molecular flexibility index (Phi) is 5.18. The molecule has 26 heavy (non-hydrogen) atoms. The maximum atomic E-state index is 13.0. The molecule has 0 saturated carbocycles. The lowest BCUT2D eigenvalue weighted by molar-refractivity contribution is 0.0730. The van der Waals surface area contributed by atoms with E-state index in [0.717, 1.165) is 0 Å². The molecule has 0 aliphatic carbocycles. The van der Waals surface area contributed by atoms with Crippen molar-refractivity contribution in [2.45, 2.75) is 39.0 Å². The van der Waals surface area contributed by atoms with Gasteiger partial charge in [-0.1, -0.05) is 38.1 Å². The van der Waals surface area contributed by atoms with E-state index in [1.165, 1.54) is 4.31 Å². The summed E-state index contributed by atoms with van der Waals surface area (Å²) in [6, 6.07) is 5.23. The van der Waals surface area contributed by atoms with Gasteiger partial charge in [-0.2, -0.15) is 9.29 Å². The molecule has 2 heterocycles. The van der Waals surface area contributed by atoms with Crippen molar-refractivity contribution in [2.75, 3.05) is 26.3 Å². The monoisotopic (exact) mass is 379 g/mol. The Bertz CT molecular complexity index is 878. The van der Waals surface area contributed by atoms with E-state index in [0.29, 0.717) is 55.6 Å². The summed E-state index contributed by atoms with van der Waals surface area (Å²) in [4.78, 5) is 4.70. The van der Waals surface area contributed by atoms with Crippen LogP contribution in [-0.4, -0.2) is 49.2 Å². The summed E-state index contributed by atoms with van der Waals surface area (Å²) in [5.41, 5.74) is 1.35. The minimum absolute atomic E-state index is 0.0297. The first-order valence-corrected chi connectivity index (χ1v) is 10.1. The van der Waals surface area contributed by atoms with Gasteiger partial charge >= 0.3 is 0 Å². The maximum Gasteiger partial charge on any atom is 0.243 e. The smallest absolute Gasteiger partial charge is 0.243 e. The third-order valence-corrected chi connectivity index (χ3v) is 6.22. The molecule has 1 aliphatic rings. The third kappa shape index (κ3) is 4.13. The second-order valence-corrected chi connectivity index (χ2v) is 9.65. The van der Waals surface area contributed by atoms with Crippen molar-refractivity contribution < 1.29 is 17.7 Å². The number of hydrogen-bond acceptors (Lipinski definition) is 6. The Balaban J connectivity index is 1.93. The second kappa shape index (κ2) is 7.09. The molecule has 1 aromatic carbocycles. The number of hydrogen-bond donors (Lipinski definition) is 0. The topological polar surface area (TPSA) is 85.5 Å². The van der Waals surface area contributed by atoms with Crippen LogP contribution in [0.25, 0.3) is 11.4 Å². The molecule has 1 aromatic heterocycles. The molecular weight excluding hydrogens is 354 g/mol. The first-order valence-electron chi connectivity index (χ1n) is 8.68. The zero-order valence-electron chi connectivity index (χ0n) is 15.7. The molecule has 142 valence electrons. The third-order valence-electron chi connectivity index (χ3n) is 4.18. The average Bonchev–Trinajstić information content (AvgIpc) is 3.02. The van der Waals surface area contributed by atoms with Gasteiger partial charge in [0, 0.05) is 25.1 Å². The lowest BCUT2D eigenvalue weighted by Gasteiger charge is -2.26. The van der Waals surface area contributed by atoms with Gasteiger partial charge in [-0.25, -0.2) is 8.42 Å². The lowest BCUT2D eigenvalue weighted by atomic mass is 9.92. The van der Waals surface area contributed by atoms with Crippen LogP contribution >= 0.6 is 0 Å². The van der Waals surface area contributed by atoms with E-state index in [4.69, 9.17) is 9.26 Å². The highest BCUT2D eigenvalue weighted by Gasteiger charge is 2.28. The second-order valence-electron chi connectivity index (χ2n) is 7.75. The molecule has 1 fully saturated rings. The zero-order valence-corrected chi connectivity index (χ0v) is 16.5. The van der Waals surface area contributed by atoms with Gasteiger partial charge in [-0.15, -0.1) is 0 Å². The van der Waals surface area contributed by atoms with Gasteiger partial charge in [0.15, 0.2) is 0 Å². The van der Waals surface area contributed by atoms with E-state index < -0.39 is 10.0 Å². The number of aryl methyl sites for hydroxylation is 1. The van der Waals surface area contributed by atoms with Crippen LogP contribution in [-0.2, 0) is 21.2 Å². The van der Waals surface area contributed by atoms with E-state index in [1.54, 1.807) is 19.1 Å². The minimum Gasteiger partial charge on any atom is -0.379 e. The van der Waals surface area contributed by atoms with Crippen molar-refractivity contribution in [3.8, 4) is 11.4 Å². The van der Waals surface area contributed by atoms with Gasteiger partial charge in [-0.05, 0) is 24.0 Å². The highest BCUT2D eigenvalue weighted by Crippen LogP contribution is 2.27. The number of rotatable bonds is 4. The first kappa shape index (κ1) is 19.0. The van der Waals surface area contributed by atoms with E-state index in [-0.39, 0.29) is 10.3 Å². The zero-order chi connectivity index (χ0) is 18.9. The Morgan fingerprint density at radius 3 is 2.54 bits per heavy atom. The summed E-state index contributed by atoms with van der Waals surface area (Å²) in [7, 11) is -3.58. The van der Waals surface area contributed by atoms with Gasteiger partial charge in [0.25, 0.3) is 0 Å². The summed E-state index contributed by atoms with van der Waals surface area (Å²) >= 11 is 0. The standard InChI is InChI=1S/C18H25N3O4S/c1-13-5-6-14(17-19-16(25-20-17)12-18(2,3)4)11-15(13)26(22,23)21-7-9-24-10-8-21/h5-6,11H,7-10,12H2,1-4H3. The molecule has 0 bridgehead atoms. The molecule has 0 radical (unpaired) electrons. The molecule has 0 spiro atoms. The van der Waals surface area contributed by atoms with Crippen LogP contribution in [0.15, 0.2) is 27.6 Å². The molecule has 0 atom stereocenters. The summed E-state index contributed by atoms with van der Waals surface area (Å²) in [5, 5.41) is 4.02. The Morgan fingerprint density at radius 1 is 1.19 bits per heavy atom. The van der Waals surface area contributed by atoms with Crippen molar-refractivity contribution in [3.05, 3.63) is 29.7 Å². The summed E-state index contributed by atoms with van der Waals surface area (Å²) in [5.74, 6) is 0.952. The molecule has 2 aromatic rings. The maximum absolute atomic E-state index is 13.0. The molecule has 0 N–H and O–H groups in total. The summed E-state index contributed by atoms with van der Waals surface area (Å²) in [6.45, 7) is 9.63. The van der Waals surface area contributed by atoms with Crippen LogP contribution in [0, 0.1) is 12.3 Å². The molecule has 1 aliphatic heterocycles. The van der Waals surface area contributed by atoms with E-state index in [9.17, 15) is 8.42 Å². The van der Waals surface area contributed by atoms with Crippen LogP contribution in [0.5, 0.6) is 0 Å². The van der Waals surface area contributed by atoms with Crippen molar-refractivity contribution in [3.63, 3.8) is 0 Å². The molecular formula is C18H25N3O4S. The molecule has 0 amide bonds. The van der Waals surface area contributed by atoms with Crippen molar-refractivity contribution in [2.24, 2.45) is 5.41 Å². The van der Waals surface area contributed by atoms with Crippen LogP contribution in [0.2, 0.25) is 0 Å². The summed E-state index contributed by atoms with van der Waals surface area (Å²) < 4.78 is 38.0. The lowest BCUT2D eigenvalue weighted by Crippen LogP contribution is -2.40. The number of aromatic nitrogens is 2. The van der Waals surface area contributed by atoms with Gasteiger partial charge < -0.3 is 9.26 Å². The van der Waals surface area contributed by atoms with Crippen molar-refractivity contribution >= 4 is 10.0 Å². The van der Waals surface area contributed by atoms with E-state index in [2.05, 4.69) is 30.9 Å². The Labute approximate surface area is 154 Å². The predicted molar refractivity (Wildman–Crippen MR) is 97.2 cm³/mol. The van der Waals surface area contributed by atoms with Gasteiger partial charge in [0.1, 0.15) is 0 Å². The van der Waals surface area contributed by atoms with Crippen molar-refractivity contribution in [1.29, 1.82) is 0 Å². The predicted octanol–water partition coefficient (Wildman–Crippen LogP) is 2.65. The van der Waals surface area contributed by atoms with E-state index >= 15 is 0 Å². The fourth-order valence-electron chi connectivity index (χ4n) is 2.84. The normalized spacial score (nSPS) is 16.8. The SMILES string of the molecule is Cc1ccc(-c2noc(CC(C)(C)C)n2)cc1S(=O)(=O)N1CCOCC1. The molecule has 1 saturated heterocycles.